The fourth-order valence-corrected chi connectivity index (χ4v) is 3.21. The van der Waals surface area contributed by atoms with E-state index in [4.69, 9.17) is 23.2 Å². The number of nitrogens with one attached hydrogen (secondary N) is 1. The van der Waals surface area contributed by atoms with Gasteiger partial charge in [0.2, 0.25) is 0 Å². The Morgan fingerprint density at radius 3 is 2.77 bits per heavy atom. The molecule has 0 unspecified atom stereocenters. The van der Waals surface area contributed by atoms with Gasteiger partial charge in [0.15, 0.2) is 5.17 Å². The Morgan fingerprint density at radius 2 is 2.09 bits per heavy atom. The molecule has 116 valence electrons. The maximum Gasteiger partial charge on any atom is 0.162 e. The molecule has 0 spiro atoms. The van der Waals surface area contributed by atoms with E-state index in [0.29, 0.717) is 10.0 Å². The smallest absolute Gasteiger partial charge is 0.162 e. The van der Waals surface area contributed by atoms with Gasteiger partial charge in [-0.2, -0.15) is 0 Å². The van der Waals surface area contributed by atoms with Gasteiger partial charge in [0.1, 0.15) is 0 Å². The van der Waals surface area contributed by atoms with Gasteiger partial charge in [-0.25, -0.2) is 0 Å². The van der Waals surface area contributed by atoms with Gasteiger partial charge in [-0.05, 0) is 43.7 Å². The van der Waals surface area contributed by atoms with Gasteiger partial charge in [-0.3, -0.25) is 4.99 Å². The van der Waals surface area contributed by atoms with Crippen molar-refractivity contribution in [3.05, 3.63) is 64.3 Å². The zero-order valence-electron chi connectivity index (χ0n) is 12.6. The van der Waals surface area contributed by atoms with Gasteiger partial charge in [-0.15, -0.1) is 6.58 Å². The number of halogens is 2. The van der Waals surface area contributed by atoms with Crippen LogP contribution in [0.1, 0.15) is 19.4 Å². The Balaban J connectivity index is 2.16. The maximum atomic E-state index is 6.19. The molecule has 22 heavy (non-hydrogen) atoms. The predicted octanol–water partition coefficient (Wildman–Crippen LogP) is 5.55. The Bertz CT molecular complexity index is 661. The first kappa shape index (κ1) is 17.2. The van der Waals surface area contributed by atoms with Crippen molar-refractivity contribution in [2.75, 3.05) is 5.75 Å². The SMILES string of the molecule is C=CCSC1=NC(C)(C)C=C(C=Cc2ccc(Cl)cc2Cl)N1. The number of allylic oxidation sites excluding steroid dienone is 1. The second-order valence-corrected chi connectivity index (χ2v) is 7.25. The highest BCUT2D eigenvalue weighted by molar-refractivity contribution is 8.13. The molecule has 1 N–H and O–H groups in total. The van der Waals surface area contributed by atoms with E-state index in [1.807, 2.05) is 30.4 Å². The van der Waals surface area contributed by atoms with Crippen LogP contribution in [0.15, 0.2) is 53.7 Å². The molecule has 0 aliphatic carbocycles. The number of aliphatic imine (C=N–C) groups is 1. The molecule has 1 aromatic carbocycles. The predicted molar refractivity (Wildman–Crippen MR) is 101 cm³/mol. The number of thioether (sulfide) groups is 1. The van der Waals surface area contributed by atoms with Gasteiger partial charge in [-0.1, -0.05) is 53.2 Å². The Kier molecular flexibility index (Phi) is 5.79. The minimum absolute atomic E-state index is 0.238. The third kappa shape index (κ3) is 4.94. The average Bonchev–Trinajstić information content (AvgIpc) is 2.42. The van der Waals surface area contributed by atoms with E-state index in [9.17, 15) is 0 Å². The molecule has 1 aliphatic heterocycles. The van der Waals surface area contributed by atoms with Gasteiger partial charge >= 0.3 is 0 Å². The molecular weight excluding hydrogens is 335 g/mol. The zero-order valence-corrected chi connectivity index (χ0v) is 14.9. The van der Waals surface area contributed by atoms with Crippen molar-refractivity contribution in [2.45, 2.75) is 19.4 Å². The molecule has 0 fully saturated rings. The zero-order chi connectivity index (χ0) is 16.2. The number of hydrogen-bond acceptors (Lipinski definition) is 3. The van der Waals surface area contributed by atoms with E-state index in [2.05, 4.69) is 36.8 Å². The fraction of sp³-hybridized carbons (Fsp3) is 0.235. The number of nitrogens with zero attached hydrogens (tertiary/aromatic N) is 1. The van der Waals surface area contributed by atoms with Crippen molar-refractivity contribution in [3.8, 4) is 0 Å². The van der Waals surface area contributed by atoms with Crippen molar-refractivity contribution in [3.63, 3.8) is 0 Å². The summed E-state index contributed by atoms with van der Waals surface area (Å²) >= 11 is 13.7. The summed E-state index contributed by atoms with van der Waals surface area (Å²) in [6.07, 6.45) is 7.92. The number of amidine groups is 1. The van der Waals surface area contributed by atoms with Crippen LogP contribution in [0.2, 0.25) is 10.0 Å². The van der Waals surface area contributed by atoms with Crippen molar-refractivity contribution in [1.82, 2.24) is 5.32 Å². The summed E-state index contributed by atoms with van der Waals surface area (Å²) in [5, 5.41) is 5.48. The van der Waals surface area contributed by atoms with E-state index >= 15 is 0 Å². The van der Waals surface area contributed by atoms with E-state index in [0.717, 1.165) is 22.2 Å². The van der Waals surface area contributed by atoms with E-state index < -0.39 is 0 Å². The van der Waals surface area contributed by atoms with Gasteiger partial charge in [0.25, 0.3) is 0 Å². The minimum Gasteiger partial charge on any atom is -0.335 e. The average molecular weight is 353 g/mol. The molecule has 1 heterocycles. The lowest BCUT2D eigenvalue weighted by molar-refractivity contribution is 0.639. The minimum atomic E-state index is -0.238. The molecule has 5 heteroatoms. The van der Waals surface area contributed by atoms with Crippen LogP contribution < -0.4 is 5.32 Å². The summed E-state index contributed by atoms with van der Waals surface area (Å²) in [5.74, 6) is 0.821. The molecular formula is C17H18Cl2N2S. The molecule has 0 bridgehead atoms. The van der Waals surface area contributed by atoms with Crippen LogP contribution in [0.3, 0.4) is 0 Å². The fourth-order valence-electron chi connectivity index (χ4n) is 1.97. The third-order valence-corrected chi connectivity index (χ3v) is 4.32. The lowest BCUT2D eigenvalue weighted by Crippen LogP contribution is -2.31. The van der Waals surface area contributed by atoms with Crippen molar-refractivity contribution in [1.29, 1.82) is 0 Å². The molecule has 0 aromatic heterocycles. The van der Waals surface area contributed by atoms with Crippen LogP contribution in [0, 0.1) is 0 Å². The monoisotopic (exact) mass is 352 g/mol. The topological polar surface area (TPSA) is 24.4 Å². The van der Waals surface area contributed by atoms with Crippen LogP contribution in [0.4, 0.5) is 0 Å². The van der Waals surface area contributed by atoms with Crippen molar-refractivity contribution >= 4 is 46.2 Å². The number of rotatable bonds is 4. The van der Waals surface area contributed by atoms with Crippen molar-refractivity contribution < 1.29 is 0 Å². The molecule has 0 saturated carbocycles. The van der Waals surface area contributed by atoms with Gasteiger partial charge < -0.3 is 5.32 Å². The summed E-state index contributed by atoms with van der Waals surface area (Å²) in [7, 11) is 0. The van der Waals surface area contributed by atoms with E-state index in [-0.39, 0.29) is 5.54 Å². The Hall–Kier alpha value is -1.16. The van der Waals surface area contributed by atoms with Crippen molar-refractivity contribution in [2.24, 2.45) is 4.99 Å². The summed E-state index contributed by atoms with van der Waals surface area (Å²) in [6, 6.07) is 5.46. The molecule has 1 aliphatic rings. The largest absolute Gasteiger partial charge is 0.335 e. The number of benzene rings is 1. The normalized spacial score (nSPS) is 16.9. The van der Waals surface area contributed by atoms with Crippen LogP contribution in [-0.4, -0.2) is 16.5 Å². The molecule has 2 rings (SSSR count). The second kappa shape index (κ2) is 7.40. The first-order chi connectivity index (χ1) is 10.4. The van der Waals surface area contributed by atoms with Gasteiger partial charge in [0, 0.05) is 21.5 Å². The standard InChI is InChI=1S/C17H18Cl2N2S/c1-4-9-22-16-20-14(11-17(2,3)21-16)8-6-12-5-7-13(18)10-15(12)19/h4-8,10-11H,1,9H2,2-3H3,(H,20,21). The quantitative estimate of drug-likeness (QED) is 0.718. The lowest BCUT2D eigenvalue weighted by Gasteiger charge is -2.25. The summed E-state index contributed by atoms with van der Waals surface area (Å²) in [6.45, 7) is 7.89. The van der Waals surface area contributed by atoms with Crippen LogP contribution >= 0.6 is 35.0 Å². The summed E-state index contributed by atoms with van der Waals surface area (Å²) < 4.78 is 0. The summed E-state index contributed by atoms with van der Waals surface area (Å²) in [4.78, 5) is 4.65. The molecule has 1 aromatic rings. The first-order valence-electron chi connectivity index (χ1n) is 6.86. The second-order valence-electron chi connectivity index (χ2n) is 5.39. The van der Waals surface area contributed by atoms with Gasteiger partial charge in [0.05, 0.1) is 5.54 Å². The summed E-state index contributed by atoms with van der Waals surface area (Å²) in [5.41, 5.74) is 1.69. The molecule has 0 atom stereocenters. The highest BCUT2D eigenvalue weighted by atomic mass is 35.5. The molecule has 0 radical (unpaired) electrons. The first-order valence-corrected chi connectivity index (χ1v) is 8.60. The molecule has 0 amide bonds. The van der Waals surface area contributed by atoms with Crippen LogP contribution in [0.25, 0.3) is 6.08 Å². The third-order valence-electron chi connectivity index (χ3n) is 2.89. The Labute approximate surface area is 146 Å². The van der Waals surface area contributed by atoms with Crippen LogP contribution in [0.5, 0.6) is 0 Å². The van der Waals surface area contributed by atoms with E-state index in [1.54, 1.807) is 17.8 Å². The lowest BCUT2D eigenvalue weighted by atomic mass is 10.0. The molecule has 0 saturated heterocycles. The highest BCUT2D eigenvalue weighted by Crippen LogP contribution is 2.24. The van der Waals surface area contributed by atoms with Crippen LogP contribution in [-0.2, 0) is 0 Å². The van der Waals surface area contributed by atoms with E-state index in [1.165, 1.54) is 0 Å². The highest BCUT2D eigenvalue weighted by Gasteiger charge is 2.20. The number of hydrogen-bond donors (Lipinski definition) is 1. The Morgan fingerprint density at radius 1 is 1.32 bits per heavy atom. The molecule has 2 nitrogen and oxygen atoms in total. The maximum absolute atomic E-state index is 6.19.